The van der Waals surface area contributed by atoms with E-state index in [1.807, 2.05) is 13.0 Å². The summed E-state index contributed by atoms with van der Waals surface area (Å²) in [6, 6.07) is 0. The van der Waals surface area contributed by atoms with Crippen LogP contribution in [-0.2, 0) is 4.79 Å². The van der Waals surface area contributed by atoms with Crippen molar-refractivity contribution in [3.05, 3.63) is 23.3 Å². The van der Waals surface area contributed by atoms with Gasteiger partial charge in [-0.15, -0.1) is 0 Å². The fourth-order valence-electron chi connectivity index (χ4n) is 3.36. The number of hydrogen-bond donors (Lipinski definition) is 0. The topological polar surface area (TPSA) is 17.1 Å². The molecule has 2 fully saturated rings. The van der Waals surface area contributed by atoms with Crippen LogP contribution in [0.5, 0.6) is 0 Å². The fourth-order valence-corrected chi connectivity index (χ4v) is 3.36. The monoisotopic (exact) mass is 218 g/mol. The number of ketones is 1. The van der Waals surface area contributed by atoms with E-state index in [9.17, 15) is 4.79 Å². The van der Waals surface area contributed by atoms with Gasteiger partial charge in [-0.05, 0) is 55.9 Å². The molecular formula is C15H22O. The van der Waals surface area contributed by atoms with Gasteiger partial charge >= 0.3 is 0 Å². The third-order valence-electron chi connectivity index (χ3n) is 4.71. The maximum Gasteiger partial charge on any atom is 0.155 e. The van der Waals surface area contributed by atoms with Crippen molar-refractivity contribution in [3.63, 3.8) is 0 Å². The van der Waals surface area contributed by atoms with Gasteiger partial charge in [-0.3, -0.25) is 4.79 Å². The second kappa shape index (κ2) is 3.87. The normalized spacial score (nSPS) is 34.8. The number of allylic oxidation sites excluding steroid dienone is 4. The van der Waals surface area contributed by atoms with Crippen molar-refractivity contribution in [1.29, 1.82) is 0 Å². The molecule has 2 rings (SSSR count). The van der Waals surface area contributed by atoms with Gasteiger partial charge in [-0.2, -0.15) is 0 Å². The Morgan fingerprint density at radius 1 is 1.31 bits per heavy atom. The van der Waals surface area contributed by atoms with Crippen LogP contribution in [0.3, 0.4) is 0 Å². The SMILES string of the molecule is CC(=O)/C(C)=C/C=C1\C2CCC(C2)C1(C)C. The molecule has 0 aromatic rings. The summed E-state index contributed by atoms with van der Waals surface area (Å²) in [6.45, 7) is 8.26. The van der Waals surface area contributed by atoms with Crippen LogP contribution in [-0.4, -0.2) is 5.78 Å². The van der Waals surface area contributed by atoms with Gasteiger partial charge < -0.3 is 0 Å². The van der Waals surface area contributed by atoms with Crippen LogP contribution in [0.4, 0.5) is 0 Å². The molecule has 0 saturated heterocycles. The molecule has 0 spiro atoms. The lowest BCUT2D eigenvalue weighted by Crippen LogP contribution is -2.22. The molecule has 2 bridgehead atoms. The molecule has 0 N–H and O–H groups in total. The molecule has 2 aliphatic rings. The first-order valence-electron chi connectivity index (χ1n) is 6.33. The summed E-state index contributed by atoms with van der Waals surface area (Å²) in [5, 5.41) is 0. The van der Waals surface area contributed by atoms with E-state index < -0.39 is 0 Å². The van der Waals surface area contributed by atoms with E-state index >= 15 is 0 Å². The summed E-state index contributed by atoms with van der Waals surface area (Å²) in [5.41, 5.74) is 2.80. The molecule has 0 aromatic heterocycles. The summed E-state index contributed by atoms with van der Waals surface area (Å²) < 4.78 is 0. The van der Waals surface area contributed by atoms with Crippen LogP contribution >= 0.6 is 0 Å². The molecule has 0 heterocycles. The van der Waals surface area contributed by atoms with Crippen molar-refractivity contribution in [2.24, 2.45) is 17.3 Å². The van der Waals surface area contributed by atoms with E-state index in [0.717, 1.165) is 17.4 Å². The fraction of sp³-hybridized carbons (Fsp3) is 0.667. The minimum atomic E-state index is 0.179. The zero-order chi connectivity index (χ0) is 11.9. The Morgan fingerprint density at radius 2 is 2.00 bits per heavy atom. The highest BCUT2D eigenvalue weighted by atomic mass is 16.1. The van der Waals surface area contributed by atoms with Crippen molar-refractivity contribution in [3.8, 4) is 0 Å². The van der Waals surface area contributed by atoms with Gasteiger partial charge in [0.2, 0.25) is 0 Å². The van der Waals surface area contributed by atoms with Crippen LogP contribution in [0, 0.1) is 17.3 Å². The second-order valence-corrected chi connectivity index (χ2v) is 5.96. The molecule has 0 amide bonds. The molecule has 88 valence electrons. The number of Topliss-reactive ketones (excluding diaryl/α,β-unsaturated/α-hetero) is 1. The van der Waals surface area contributed by atoms with E-state index in [4.69, 9.17) is 0 Å². The maximum absolute atomic E-state index is 11.2. The zero-order valence-corrected chi connectivity index (χ0v) is 10.8. The molecule has 16 heavy (non-hydrogen) atoms. The Balaban J connectivity index is 2.25. The first-order valence-corrected chi connectivity index (χ1v) is 6.33. The van der Waals surface area contributed by atoms with Crippen molar-refractivity contribution in [2.75, 3.05) is 0 Å². The van der Waals surface area contributed by atoms with Crippen molar-refractivity contribution in [1.82, 2.24) is 0 Å². The number of fused-ring (bicyclic) bond motifs is 2. The van der Waals surface area contributed by atoms with Gasteiger partial charge in [-0.1, -0.05) is 31.6 Å². The number of carbonyl (C=O) groups excluding carboxylic acids is 1. The highest BCUT2D eigenvalue weighted by Gasteiger charge is 2.48. The summed E-state index contributed by atoms with van der Waals surface area (Å²) in [7, 11) is 0. The summed E-state index contributed by atoms with van der Waals surface area (Å²) in [4.78, 5) is 11.2. The Bertz CT molecular complexity index is 371. The Kier molecular flexibility index (Phi) is 2.81. The van der Waals surface area contributed by atoms with Crippen molar-refractivity contribution < 1.29 is 4.79 Å². The number of rotatable bonds is 2. The third kappa shape index (κ3) is 1.77. The van der Waals surface area contributed by atoms with Crippen LogP contribution in [0.2, 0.25) is 0 Å². The molecule has 0 aliphatic heterocycles. The average Bonchev–Trinajstić information content (AvgIpc) is 2.73. The largest absolute Gasteiger partial charge is 0.295 e. The standard InChI is InChI=1S/C15H22O/c1-10(11(2)16)5-8-14-12-6-7-13(9-12)15(14,3)4/h5,8,12-13H,6-7,9H2,1-4H3/b10-5+,14-8+. The van der Waals surface area contributed by atoms with Crippen LogP contribution in [0.1, 0.15) is 47.0 Å². The lowest BCUT2D eigenvalue weighted by molar-refractivity contribution is -0.113. The molecule has 0 radical (unpaired) electrons. The van der Waals surface area contributed by atoms with E-state index in [-0.39, 0.29) is 5.78 Å². The Morgan fingerprint density at radius 3 is 2.50 bits per heavy atom. The molecule has 2 unspecified atom stereocenters. The highest BCUT2D eigenvalue weighted by Crippen LogP contribution is 2.58. The number of carbonyl (C=O) groups is 1. The van der Waals surface area contributed by atoms with E-state index in [1.165, 1.54) is 19.3 Å². The average molecular weight is 218 g/mol. The second-order valence-electron chi connectivity index (χ2n) is 5.96. The first-order chi connectivity index (χ1) is 7.43. The summed E-state index contributed by atoms with van der Waals surface area (Å²) >= 11 is 0. The van der Waals surface area contributed by atoms with Gasteiger partial charge in [0.1, 0.15) is 0 Å². The number of hydrogen-bond acceptors (Lipinski definition) is 1. The lowest BCUT2D eigenvalue weighted by atomic mass is 9.72. The quantitative estimate of drug-likeness (QED) is 0.642. The van der Waals surface area contributed by atoms with Gasteiger partial charge in [0.15, 0.2) is 5.78 Å². The molecule has 0 aromatic carbocycles. The molecule has 1 nitrogen and oxygen atoms in total. The molecule has 2 saturated carbocycles. The lowest BCUT2D eigenvalue weighted by Gasteiger charge is -2.32. The molecule has 1 heteroatoms. The van der Waals surface area contributed by atoms with E-state index in [0.29, 0.717) is 5.41 Å². The zero-order valence-electron chi connectivity index (χ0n) is 10.8. The van der Waals surface area contributed by atoms with Gasteiger partial charge in [0, 0.05) is 0 Å². The van der Waals surface area contributed by atoms with Crippen LogP contribution in [0.15, 0.2) is 23.3 Å². The van der Waals surface area contributed by atoms with Crippen molar-refractivity contribution >= 4 is 5.78 Å². The van der Waals surface area contributed by atoms with Gasteiger partial charge in [0.25, 0.3) is 0 Å². The maximum atomic E-state index is 11.2. The predicted molar refractivity (Wildman–Crippen MR) is 67.1 cm³/mol. The third-order valence-corrected chi connectivity index (χ3v) is 4.71. The Hall–Kier alpha value is -0.850. The minimum Gasteiger partial charge on any atom is -0.295 e. The smallest absolute Gasteiger partial charge is 0.155 e. The molecule has 2 aliphatic carbocycles. The molecule has 2 atom stereocenters. The van der Waals surface area contributed by atoms with E-state index in [1.54, 1.807) is 12.5 Å². The Labute approximate surface area is 98.6 Å². The molecular weight excluding hydrogens is 196 g/mol. The van der Waals surface area contributed by atoms with Gasteiger partial charge in [0.05, 0.1) is 0 Å². The predicted octanol–water partition coefficient (Wildman–Crippen LogP) is 3.90. The summed E-state index contributed by atoms with van der Waals surface area (Å²) in [6.07, 6.45) is 8.35. The van der Waals surface area contributed by atoms with E-state index in [2.05, 4.69) is 19.9 Å². The van der Waals surface area contributed by atoms with Crippen LogP contribution in [0.25, 0.3) is 0 Å². The highest BCUT2D eigenvalue weighted by molar-refractivity contribution is 5.92. The summed E-state index contributed by atoms with van der Waals surface area (Å²) in [5.74, 6) is 1.84. The van der Waals surface area contributed by atoms with Crippen molar-refractivity contribution in [2.45, 2.75) is 47.0 Å². The van der Waals surface area contributed by atoms with Crippen LogP contribution < -0.4 is 0 Å². The minimum absolute atomic E-state index is 0.179. The van der Waals surface area contributed by atoms with Gasteiger partial charge in [-0.25, -0.2) is 0 Å². The first kappa shape index (κ1) is 11.6.